The van der Waals surface area contributed by atoms with Crippen molar-refractivity contribution in [1.82, 2.24) is 0 Å². The Morgan fingerprint density at radius 1 is 0.607 bits per heavy atom. The third-order valence-electron chi connectivity index (χ3n) is 5.53. The number of hydrogen-bond acceptors (Lipinski definition) is 4. The van der Waals surface area contributed by atoms with Gasteiger partial charge >= 0.3 is 0 Å². The number of benzene rings is 2. The molecule has 0 amide bonds. The highest BCUT2D eigenvalue weighted by atomic mass is 16.5. The number of hydrogen-bond donors (Lipinski definition) is 2. The molecule has 1 aliphatic heterocycles. The summed E-state index contributed by atoms with van der Waals surface area (Å²) in [5.74, 6) is 3.48. The van der Waals surface area contributed by atoms with Crippen LogP contribution in [0.5, 0.6) is 23.0 Å². The maximum absolute atomic E-state index is 5.55. The maximum atomic E-state index is 5.55. The van der Waals surface area contributed by atoms with Gasteiger partial charge in [-0.15, -0.1) is 0 Å². The summed E-state index contributed by atoms with van der Waals surface area (Å²) in [5.41, 5.74) is 2.47. The molecule has 1 aliphatic rings. The van der Waals surface area contributed by atoms with Gasteiger partial charge in [0.05, 0.1) is 28.4 Å². The average Bonchev–Trinajstić information content (AvgIpc) is 2.75. The molecule has 3 rings (SSSR count). The molecule has 0 bridgehead atoms. The van der Waals surface area contributed by atoms with Gasteiger partial charge in [-0.25, -0.2) is 0 Å². The van der Waals surface area contributed by atoms with Gasteiger partial charge in [-0.3, -0.25) is 0 Å². The van der Waals surface area contributed by atoms with Crippen LogP contribution in [0.3, 0.4) is 0 Å². The number of quaternary nitrogens is 2. The molecule has 2 aromatic carbocycles. The first-order valence-electron chi connectivity index (χ1n) is 9.75. The summed E-state index contributed by atoms with van der Waals surface area (Å²) in [5, 5.41) is 0. The van der Waals surface area contributed by atoms with Crippen molar-refractivity contribution < 1.29 is 28.7 Å². The van der Waals surface area contributed by atoms with E-state index in [2.05, 4.69) is 12.1 Å². The van der Waals surface area contributed by atoms with Gasteiger partial charge in [0.15, 0.2) is 0 Å². The summed E-state index contributed by atoms with van der Waals surface area (Å²) in [4.78, 5) is 3.18. The topological polar surface area (TPSA) is 45.8 Å². The average molecular weight is 389 g/mol. The van der Waals surface area contributed by atoms with E-state index in [1.165, 1.54) is 11.1 Å². The first kappa shape index (κ1) is 20.3. The summed E-state index contributed by atoms with van der Waals surface area (Å²) in [6, 6.07) is 12.2. The van der Waals surface area contributed by atoms with Crippen LogP contribution in [0, 0.1) is 0 Å². The fourth-order valence-corrected chi connectivity index (χ4v) is 3.85. The summed E-state index contributed by atoms with van der Waals surface area (Å²) in [6.45, 7) is 6.52. The molecule has 0 unspecified atom stereocenters. The fraction of sp³-hybridized carbons (Fsp3) is 0.455. The zero-order valence-corrected chi connectivity index (χ0v) is 17.3. The predicted octanol–water partition coefficient (Wildman–Crippen LogP) is 0.205. The van der Waals surface area contributed by atoms with Gasteiger partial charge in [0.2, 0.25) is 0 Å². The van der Waals surface area contributed by atoms with Crippen LogP contribution in [0.4, 0.5) is 0 Å². The molecule has 0 saturated carbocycles. The van der Waals surface area contributed by atoms with Gasteiger partial charge in [-0.2, -0.15) is 0 Å². The number of rotatable bonds is 8. The van der Waals surface area contributed by atoms with E-state index >= 15 is 0 Å². The Bertz CT molecular complexity index is 708. The molecule has 0 spiro atoms. The third kappa shape index (κ3) is 4.88. The van der Waals surface area contributed by atoms with E-state index in [9.17, 15) is 0 Å². The van der Waals surface area contributed by atoms with E-state index in [-0.39, 0.29) is 0 Å². The van der Waals surface area contributed by atoms with Crippen molar-refractivity contribution in [2.75, 3.05) is 54.6 Å². The summed E-state index contributed by atoms with van der Waals surface area (Å²) in [6.07, 6.45) is 0. The molecule has 0 atom stereocenters. The van der Waals surface area contributed by atoms with Crippen molar-refractivity contribution in [1.29, 1.82) is 0 Å². The maximum Gasteiger partial charge on any atom is 0.131 e. The molecular formula is C22H32N2O4+2. The van der Waals surface area contributed by atoms with Crippen LogP contribution in [-0.2, 0) is 13.1 Å². The summed E-state index contributed by atoms with van der Waals surface area (Å²) < 4.78 is 21.7. The lowest BCUT2D eigenvalue weighted by atomic mass is 10.1. The van der Waals surface area contributed by atoms with Crippen molar-refractivity contribution >= 4 is 0 Å². The lowest BCUT2D eigenvalue weighted by Crippen LogP contribution is -3.27. The van der Waals surface area contributed by atoms with Crippen LogP contribution in [0.15, 0.2) is 36.4 Å². The van der Waals surface area contributed by atoms with Crippen LogP contribution in [0.2, 0.25) is 0 Å². The number of piperazine rings is 1. The lowest BCUT2D eigenvalue weighted by molar-refractivity contribution is -1.02. The molecule has 6 nitrogen and oxygen atoms in total. The van der Waals surface area contributed by atoms with Crippen LogP contribution in [0.25, 0.3) is 0 Å². The zero-order valence-electron chi connectivity index (χ0n) is 17.3. The normalized spacial score (nSPS) is 19.1. The molecule has 1 saturated heterocycles. The highest BCUT2D eigenvalue weighted by molar-refractivity contribution is 5.41. The first-order chi connectivity index (χ1) is 13.7. The van der Waals surface area contributed by atoms with E-state index in [1.54, 1.807) is 38.2 Å². The van der Waals surface area contributed by atoms with E-state index in [1.807, 2.05) is 24.3 Å². The second kappa shape index (κ2) is 9.66. The van der Waals surface area contributed by atoms with Crippen molar-refractivity contribution in [3.63, 3.8) is 0 Å². The highest BCUT2D eigenvalue weighted by Crippen LogP contribution is 2.24. The van der Waals surface area contributed by atoms with Crippen molar-refractivity contribution in [3.8, 4) is 23.0 Å². The monoisotopic (exact) mass is 388 g/mol. The Balaban J connectivity index is 1.56. The fourth-order valence-electron chi connectivity index (χ4n) is 3.85. The Morgan fingerprint density at radius 3 is 1.32 bits per heavy atom. The van der Waals surface area contributed by atoms with Gasteiger partial charge in [-0.05, 0) is 24.3 Å². The second-order valence-electron chi connectivity index (χ2n) is 7.21. The smallest absolute Gasteiger partial charge is 0.131 e. The van der Waals surface area contributed by atoms with Gasteiger partial charge in [0.25, 0.3) is 0 Å². The minimum atomic E-state index is 0.832. The second-order valence-corrected chi connectivity index (χ2v) is 7.21. The number of methoxy groups -OCH3 is 4. The number of ether oxygens (including phenoxy) is 4. The van der Waals surface area contributed by atoms with Gasteiger partial charge in [0, 0.05) is 23.3 Å². The first-order valence-corrected chi connectivity index (χ1v) is 9.75. The van der Waals surface area contributed by atoms with Gasteiger partial charge in [0.1, 0.15) is 62.3 Å². The van der Waals surface area contributed by atoms with Gasteiger partial charge in [-0.1, -0.05) is 0 Å². The highest BCUT2D eigenvalue weighted by Gasteiger charge is 2.25. The molecule has 0 aliphatic carbocycles. The lowest BCUT2D eigenvalue weighted by Gasteiger charge is -2.30. The Morgan fingerprint density at radius 2 is 1.00 bits per heavy atom. The zero-order chi connectivity index (χ0) is 19.9. The minimum absolute atomic E-state index is 0.832. The molecular weight excluding hydrogens is 356 g/mol. The molecule has 0 radical (unpaired) electrons. The largest absolute Gasteiger partial charge is 0.497 e. The van der Waals surface area contributed by atoms with Crippen LogP contribution >= 0.6 is 0 Å². The third-order valence-corrected chi connectivity index (χ3v) is 5.53. The van der Waals surface area contributed by atoms with E-state index < -0.39 is 0 Å². The van der Waals surface area contributed by atoms with Crippen molar-refractivity contribution in [3.05, 3.63) is 47.5 Å². The minimum Gasteiger partial charge on any atom is -0.497 e. The molecule has 2 N–H and O–H groups in total. The summed E-state index contributed by atoms with van der Waals surface area (Å²) in [7, 11) is 6.80. The molecule has 6 heteroatoms. The van der Waals surface area contributed by atoms with Crippen LogP contribution in [0.1, 0.15) is 11.1 Å². The Hall–Kier alpha value is -2.44. The predicted molar refractivity (Wildman–Crippen MR) is 108 cm³/mol. The van der Waals surface area contributed by atoms with Crippen LogP contribution < -0.4 is 28.7 Å². The van der Waals surface area contributed by atoms with Crippen molar-refractivity contribution in [2.24, 2.45) is 0 Å². The Kier molecular flexibility index (Phi) is 7.01. The summed E-state index contributed by atoms with van der Waals surface area (Å²) >= 11 is 0. The van der Waals surface area contributed by atoms with E-state index in [4.69, 9.17) is 18.9 Å². The molecule has 1 heterocycles. The SMILES string of the molecule is COc1ccc(C[NH+]2CC[NH+](Cc3ccc(OC)cc3OC)CC2)c(OC)c1. The molecule has 1 fully saturated rings. The molecule has 0 aromatic heterocycles. The van der Waals surface area contributed by atoms with Crippen LogP contribution in [-0.4, -0.2) is 54.6 Å². The van der Waals surface area contributed by atoms with E-state index in [0.717, 1.165) is 62.3 Å². The molecule has 152 valence electrons. The number of nitrogens with one attached hydrogen (secondary N) is 2. The van der Waals surface area contributed by atoms with Crippen molar-refractivity contribution in [2.45, 2.75) is 13.1 Å². The van der Waals surface area contributed by atoms with E-state index in [0.29, 0.717) is 0 Å². The van der Waals surface area contributed by atoms with Gasteiger partial charge < -0.3 is 28.7 Å². The molecule has 28 heavy (non-hydrogen) atoms. The molecule has 2 aromatic rings. The Labute approximate surface area is 167 Å². The quantitative estimate of drug-likeness (QED) is 0.679. The standard InChI is InChI=1S/C22H30N2O4/c1-25-19-7-5-17(21(13-19)27-3)15-23-9-11-24(12-10-23)16-18-6-8-20(26-2)14-22(18)28-4/h5-8,13-14H,9-12,15-16H2,1-4H3/p+2.